The first kappa shape index (κ1) is 13.7. The molecule has 1 aromatic carbocycles. The van der Waals surface area contributed by atoms with Crippen LogP contribution in [0.25, 0.3) is 0 Å². The summed E-state index contributed by atoms with van der Waals surface area (Å²) in [4.78, 5) is 2.48. The molecule has 100 valence electrons. The van der Waals surface area contributed by atoms with Crippen LogP contribution in [0.1, 0.15) is 6.42 Å². The number of ether oxygens (including phenoxy) is 1. The number of nitrogens with zero attached hydrogens (tertiary/aromatic N) is 1. The molecule has 0 atom stereocenters. The van der Waals surface area contributed by atoms with Crippen molar-refractivity contribution in [1.29, 1.82) is 0 Å². The quantitative estimate of drug-likeness (QED) is 0.768. The standard InChI is InChI=1S/C14H21ClN2O/c1-16-9-12-10-17(11-12)7-2-8-18-14-5-3-13(15)4-6-14/h3-6,12,16H,2,7-11H2,1H3. The fourth-order valence-corrected chi connectivity index (χ4v) is 2.41. The Morgan fingerprint density at radius 3 is 2.72 bits per heavy atom. The van der Waals surface area contributed by atoms with Crippen LogP contribution in [0.5, 0.6) is 5.75 Å². The van der Waals surface area contributed by atoms with E-state index in [9.17, 15) is 0 Å². The van der Waals surface area contributed by atoms with Crippen molar-refractivity contribution < 1.29 is 4.74 Å². The molecule has 0 aliphatic carbocycles. The minimum atomic E-state index is 0.749. The lowest BCUT2D eigenvalue weighted by atomic mass is 10.0. The van der Waals surface area contributed by atoms with E-state index in [0.29, 0.717) is 0 Å². The van der Waals surface area contributed by atoms with Crippen molar-refractivity contribution in [2.75, 3.05) is 39.8 Å². The molecule has 18 heavy (non-hydrogen) atoms. The molecule has 4 heteroatoms. The van der Waals surface area contributed by atoms with Gasteiger partial charge in [0.25, 0.3) is 0 Å². The van der Waals surface area contributed by atoms with Crippen LogP contribution in [-0.4, -0.2) is 44.7 Å². The molecule has 2 rings (SSSR count). The fourth-order valence-electron chi connectivity index (χ4n) is 2.29. The highest BCUT2D eigenvalue weighted by Crippen LogP contribution is 2.17. The number of hydrogen-bond donors (Lipinski definition) is 1. The summed E-state index contributed by atoms with van der Waals surface area (Å²) in [6, 6.07) is 7.53. The third-order valence-corrected chi connectivity index (χ3v) is 3.48. The maximum absolute atomic E-state index is 5.81. The molecule has 0 saturated carbocycles. The Morgan fingerprint density at radius 2 is 2.06 bits per heavy atom. The van der Waals surface area contributed by atoms with Gasteiger partial charge in [-0.15, -0.1) is 0 Å². The van der Waals surface area contributed by atoms with Gasteiger partial charge in [0.2, 0.25) is 0 Å². The number of likely N-dealkylation sites (tertiary alicyclic amines) is 1. The van der Waals surface area contributed by atoms with E-state index in [1.54, 1.807) is 0 Å². The topological polar surface area (TPSA) is 24.5 Å². The third-order valence-electron chi connectivity index (χ3n) is 3.23. The minimum Gasteiger partial charge on any atom is -0.494 e. The lowest BCUT2D eigenvalue weighted by Crippen LogP contribution is -2.50. The summed E-state index contributed by atoms with van der Waals surface area (Å²) in [5, 5.41) is 3.97. The normalized spacial score (nSPS) is 16.6. The monoisotopic (exact) mass is 268 g/mol. The zero-order valence-electron chi connectivity index (χ0n) is 10.9. The van der Waals surface area contributed by atoms with E-state index in [-0.39, 0.29) is 0 Å². The summed E-state index contributed by atoms with van der Waals surface area (Å²) >= 11 is 5.81. The van der Waals surface area contributed by atoms with Crippen molar-refractivity contribution in [3.63, 3.8) is 0 Å². The molecule has 0 bridgehead atoms. The van der Waals surface area contributed by atoms with Crippen molar-refractivity contribution in [2.45, 2.75) is 6.42 Å². The summed E-state index contributed by atoms with van der Waals surface area (Å²) in [6.45, 7) is 5.49. The van der Waals surface area contributed by atoms with Crippen molar-refractivity contribution in [3.05, 3.63) is 29.3 Å². The first-order valence-electron chi connectivity index (χ1n) is 6.53. The Kier molecular flexibility index (Phi) is 5.29. The van der Waals surface area contributed by atoms with Gasteiger partial charge in [-0.2, -0.15) is 0 Å². The van der Waals surface area contributed by atoms with Crippen LogP contribution >= 0.6 is 11.6 Å². The molecule has 1 aromatic rings. The summed E-state index contributed by atoms with van der Waals surface area (Å²) in [6.07, 6.45) is 1.08. The molecule has 1 fully saturated rings. The van der Waals surface area contributed by atoms with Crippen LogP contribution in [0.3, 0.4) is 0 Å². The Hall–Kier alpha value is -0.770. The molecule has 1 N–H and O–H groups in total. The van der Waals surface area contributed by atoms with Gasteiger partial charge in [0, 0.05) is 31.2 Å². The van der Waals surface area contributed by atoms with Crippen LogP contribution < -0.4 is 10.1 Å². The number of rotatable bonds is 7. The average molecular weight is 269 g/mol. The molecular formula is C14H21ClN2O. The molecule has 0 spiro atoms. The van der Waals surface area contributed by atoms with Crippen molar-refractivity contribution in [3.8, 4) is 5.75 Å². The second-order valence-corrected chi connectivity index (χ2v) is 5.28. The fraction of sp³-hybridized carbons (Fsp3) is 0.571. The highest BCUT2D eigenvalue weighted by atomic mass is 35.5. The zero-order chi connectivity index (χ0) is 12.8. The zero-order valence-corrected chi connectivity index (χ0v) is 11.6. The van der Waals surface area contributed by atoms with Crippen molar-refractivity contribution >= 4 is 11.6 Å². The van der Waals surface area contributed by atoms with E-state index in [0.717, 1.165) is 42.8 Å². The van der Waals surface area contributed by atoms with E-state index in [1.807, 2.05) is 31.3 Å². The highest BCUT2D eigenvalue weighted by Gasteiger charge is 2.24. The van der Waals surface area contributed by atoms with Crippen molar-refractivity contribution in [1.82, 2.24) is 10.2 Å². The van der Waals surface area contributed by atoms with Crippen LogP contribution in [0.2, 0.25) is 5.02 Å². The molecule has 3 nitrogen and oxygen atoms in total. The molecule has 1 saturated heterocycles. The number of benzene rings is 1. The van der Waals surface area contributed by atoms with Gasteiger partial charge < -0.3 is 15.0 Å². The van der Waals surface area contributed by atoms with E-state index < -0.39 is 0 Å². The summed E-state index contributed by atoms with van der Waals surface area (Å²) in [5.74, 6) is 1.74. The first-order chi connectivity index (χ1) is 8.78. The smallest absolute Gasteiger partial charge is 0.119 e. The lowest BCUT2D eigenvalue weighted by molar-refractivity contribution is 0.0940. The summed E-state index contributed by atoms with van der Waals surface area (Å²) < 4.78 is 5.66. The lowest BCUT2D eigenvalue weighted by Gasteiger charge is -2.39. The Labute approximate surface area is 114 Å². The molecule has 0 amide bonds. The molecule has 0 radical (unpaired) electrons. The van der Waals surface area contributed by atoms with Gasteiger partial charge in [-0.25, -0.2) is 0 Å². The predicted molar refractivity (Wildman–Crippen MR) is 75.4 cm³/mol. The molecule has 1 aliphatic rings. The van der Waals surface area contributed by atoms with E-state index in [1.165, 1.54) is 13.1 Å². The SMILES string of the molecule is CNCC1CN(CCCOc2ccc(Cl)cc2)C1. The second kappa shape index (κ2) is 6.98. The average Bonchev–Trinajstić information content (AvgIpc) is 2.33. The van der Waals surface area contributed by atoms with Gasteiger partial charge in [-0.05, 0) is 43.7 Å². The highest BCUT2D eigenvalue weighted by molar-refractivity contribution is 6.30. The van der Waals surface area contributed by atoms with Gasteiger partial charge in [-0.1, -0.05) is 11.6 Å². The van der Waals surface area contributed by atoms with Crippen LogP contribution in [0.4, 0.5) is 0 Å². The number of nitrogens with one attached hydrogen (secondary N) is 1. The Morgan fingerprint density at radius 1 is 1.33 bits per heavy atom. The number of hydrogen-bond acceptors (Lipinski definition) is 3. The summed E-state index contributed by atoms with van der Waals surface area (Å²) in [7, 11) is 2.02. The number of halogens is 1. The third kappa shape index (κ3) is 4.16. The van der Waals surface area contributed by atoms with Gasteiger partial charge >= 0.3 is 0 Å². The van der Waals surface area contributed by atoms with Crippen LogP contribution in [-0.2, 0) is 0 Å². The van der Waals surface area contributed by atoms with Crippen LogP contribution in [0.15, 0.2) is 24.3 Å². The molecular weight excluding hydrogens is 248 g/mol. The van der Waals surface area contributed by atoms with Gasteiger partial charge in [0.1, 0.15) is 5.75 Å². The van der Waals surface area contributed by atoms with Crippen molar-refractivity contribution in [2.24, 2.45) is 5.92 Å². The molecule has 0 unspecified atom stereocenters. The van der Waals surface area contributed by atoms with E-state index in [2.05, 4.69) is 10.2 Å². The second-order valence-electron chi connectivity index (χ2n) is 4.84. The predicted octanol–water partition coefficient (Wildman–Crippen LogP) is 2.26. The maximum Gasteiger partial charge on any atom is 0.119 e. The Bertz CT molecular complexity index is 349. The van der Waals surface area contributed by atoms with E-state index in [4.69, 9.17) is 16.3 Å². The van der Waals surface area contributed by atoms with Crippen LogP contribution in [0, 0.1) is 5.92 Å². The first-order valence-corrected chi connectivity index (χ1v) is 6.91. The van der Waals surface area contributed by atoms with Gasteiger partial charge in [-0.3, -0.25) is 0 Å². The van der Waals surface area contributed by atoms with Gasteiger partial charge in [0.05, 0.1) is 6.61 Å². The Balaban J connectivity index is 1.53. The molecule has 0 aromatic heterocycles. The molecule has 1 heterocycles. The van der Waals surface area contributed by atoms with Gasteiger partial charge in [0.15, 0.2) is 0 Å². The minimum absolute atomic E-state index is 0.749. The largest absolute Gasteiger partial charge is 0.494 e. The molecule has 1 aliphatic heterocycles. The maximum atomic E-state index is 5.81. The summed E-state index contributed by atoms with van der Waals surface area (Å²) in [5.41, 5.74) is 0. The van der Waals surface area contributed by atoms with E-state index >= 15 is 0 Å².